The number of rotatable bonds is 8. The summed E-state index contributed by atoms with van der Waals surface area (Å²) in [4.78, 5) is 43.4. The van der Waals surface area contributed by atoms with Gasteiger partial charge in [-0.25, -0.2) is 14.3 Å². The van der Waals surface area contributed by atoms with Gasteiger partial charge in [-0.2, -0.15) is 5.10 Å². The molecule has 0 bridgehead atoms. The average Bonchev–Trinajstić information content (AvgIpc) is 3.42. The van der Waals surface area contributed by atoms with Crippen molar-refractivity contribution in [3.8, 4) is 10.6 Å². The lowest BCUT2D eigenvalue weighted by Gasteiger charge is -2.21. The monoisotopic (exact) mass is 512 g/mol. The number of carbonyl (C=O) groups is 2. The summed E-state index contributed by atoms with van der Waals surface area (Å²) < 4.78 is 16.8. The largest absolute Gasteiger partial charge is 0.511 e. The zero-order valence-corrected chi connectivity index (χ0v) is 21.0. The molecule has 0 amide bonds. The molecule has 3 heterocycles. The number of nitrogens with zero attached hydrogens (tertiary/aromatic N) is 3. The van der Waals surface area contributed by atoms with Crippen LogP contribution in [-0.2, 0) is 20.8 Å². The van der Waals surface area contributed by atoms with Crippen LogP contribution >= 0.6 is 11.3 Å². The van der Waals surface area contributed by atoms with Crippen LogP contribution in [0, 0.1) is 6.92 Å². The molecule has 4 rings (SSSR count). The Labute approximate surface area is 212 Å². The minimum absolute atomic E-state index is 0.00105. The third-order valence-electron chi connectivity index (χ3n) is 5.89. The maximum Gasteiger partial charge on any atom is 0.511 e. The maximum atomic E-state index is 13.3. The van der Waals surface area contributed by atoms with Crippen LogP contribution in [0.25, 0.3) is 10.6 Å². The normalized spacial score (nSPS) is 13.7. The minimum Gasteiger partial charge on any atom is -0.431 e. The van der Waals surface area contributed by atoms with Crippen molar-refractivity contribution in [2.45, 2.75) is 58.6 Å². The van der Waals surface area contributed by atoms with Crippen molar-refractivity contribution in [3.63, 3.8) is 0 Å². The summed E-state index contributed by atoms with van der Waals surface area (Å²) in [5, 5.41) is 9.32. The highest BCUT2D eigenvalue weighted by atomic mass is 32.1. The highest BCUT2D eigenvalue weighted by Crippen LogP contribution is 2.31. The summed E-state index contributed by atoms with van der Waals surface area (Å²) in [6.07, 6.45) is 6.83. The number of anilines is 2. The van der Waals surface area contributed by atoms with Crippen molar-refractivity contribution >= 4 is 34.8 Å². The molecule has 0 aromatic carbocycles. The smallest absolute Gasteiger partial charge is 0.431 e. The summed E-state index contributed by atoms with van der Waals surface area (Å²) in [6.45, 7) is 3.28. The van der Waals surface area contributed by atoms with Crippen molar-refractivity contribution in [2.75, 3.05) is 12.1 Å². The zero-order chi connectivity index (χ0) is 25.5. The second-order valence-corrected chi connectivity index (χ2v) is 9.28. The van der Waals surface area contributed by atoms with E-state index in [-0.39, 0.29) is 23.0 Å². The molecule has 1 N–H and O–H groups in total. The Kier molecular flexibility index (Phi) is 8.32. The van der Waals surface area contributed by atoms with Gasteiger partial charge in [-0.1, -0.05) is 12.5 Å². The van der Waals surface area contributed by atoms with Crippen molar-refractivity contribution in [1.29, 1.82) is 0 Å². The number of nitrogens with one attached hydrogen (secondary N) is 1. The molecule has 0 spiro atoms. The van der Waals surface area contributed by atoms with E-state index in [9.17, 15) is 14.4 Å². The van der Waals surface area contributed by atoms with Crippen LogP contribution in [0.5, 0.6) is 0 Å². The molecule has 1 aliphatic carbocycles. The van der Waals surface area contributed by atoms with Gasteiger partial charge in [-0.15, -0.1) is 11.3 Å². The molecule has 1 aliphatic rings. The quantitative estimate of drug-likeness (QED) is 0.327. The fourth-order valence-electron chi connectivity index (χ4n) is 3.97. The fraction of sp³-hybridized carbons (Fsp3) is 0.400. The third-order valence-corrected chi connectivity index (χ3v) is 6.77. The van der Waals surface area contributed by atoms with Gasteiger partial charge in [0.15, 0.2) is 0 Å². The summed E-state index contributed by atoms with van der Waals surface area (Å²) >= 11 is 1.37. The Morgan fingerprint density at radius 3 is 2.69 bits per heavy atom. The number of aryl methyl sites for hydroxylation is 2. The first kappa shape index (κ1) is 25.4. The highest BCUT2D eigenvalue weighted by molar-refractivity contribution is 7.13. The van der Waals surface area contributed by atoms with Crippen LogP contribution in [-0.4, -0.2) is 39.8 Å². The van der Waals surface area contributed by atoms with E-state index >= 15 is 0 Å². The number of pyridine rings is 1. The van der Waals surface area contributed by atoms with E-state index in [1.165, 1.54) is 16.0 Å². The molecule has 0 saturated heterocycles. The van der Waals surface area contributed by atoms with Crippen molar-refractivity contribution < 1.29 is 23.8 Å². The molecule has 0 radical (unpaired) electrons. The molecule has 0 unspecified atom stereocenters. The molecule has 10 nitrogen and oxygen atoms in total. The molecule has 3 aromatic heterocycles. The zero-order valence-electron chi connectivity index (χ0n) is 20.2. The van der Waals surface area contributed by atoms with Crippen molar-refractivity contribution in [1.82, 2.24) is 14.8 Å². The standard InChI is InChI=1S/C25H28N4O6S/c1-3-29-23(30)22(27-18-14-26-12-11-16(18)2)20(21(28-29)19-10-7-13-36-19)24(31)33-15-34-25(32)35-17-8-5-4-6-9-17/h7,10-14,17,27H,3-6,8-9,15H2,1-2H3. The summed E-state index contributed by atoms with van der Waals surface area (Å²) in [5.41, 5.74) is 1.12. The lowest BCUT2D eigenvalue weighted by Crippen LogP contribution is -2.29. The van der Waals surface area contributed by atoms with Gasteiger partial charge in [-0.05, 0) is 62.6 Å². The lowest BCUT2D eigenvalue weighted by atomic mass is 9.98. The maximum absolute atomic E-state index is 13.3. The molecular formula is C25H28N4O6S. The fourth-order valence-corrected chi connectivity index (χ4v) is 4.69. The number of ether oxygens (including phenoxy) is 3. The number of esters is 1. The molecule has 36 heavy (non-hydrogen) atoms. The number of thiophene rings is 1. The van der Waals surface area contributed by atoms with Gasteiger partial charge in [0, 0.05) is 12.7 Å². The van der Waals surface area contributed by atoms with Crippen LogP contribution in [0.4, 0.5) is 16.2 Å². The van der Waals surface area contributed by atoms with E-state index in [2.05, 4.69) is 15.4 Å². The van der Waals surface area contributed by atoms with E-state index in [0.29, 0.717) is 17.1 Å². The Balaban J connectivity index is 1.61. The molecule has 3 aromatic rings. The van der Waals surface area contributed by atoms with E-state index in [0.717, 1.165) is 37.7 Å². The summed E-state index contributed by atoms with van der Waals surface area (Å²) in [6, 6.07) is 5.40. The van der Waals surface area contributed by atoms with Crippen LogP contribution in [0.2, 0.25) is 0 Å². The Morgan fingerprint density at radius 2 is 2.00 bits per heavy atom. The van der Waals surface area contributed by atoms with Gasteiger partial charge < -0.3 is 19.5 Å². The van der Waals surface area contributed by atoms with Crippen LogP contribution in [0.1, 0.15) is 54.9 Å². The highest BCUT2D eigenvalue weighted by Gasteiger charge is 2.27. The van der Waals surface area contributed by atoms with Gasteiger partial charge in [0.05, 0.1) is 16.8 Å². The first-order valence-electron chi connectivity index (χ1n) is 11.8. The van der Waals surface area contributed by atoms with Gasteiger partial charge in [0.2, 0.25) is 6.79 Å². The van der Waals surface area contributed by atoms with Crippen LogP contribution in [0.3, 0.4) is 0 Å². The third kappa shape index (κ3) is 5.91. The van der Waals surface area contributed by atoms with E-state index < -0.39 is 24.5 Å². The summed E-state index contributed by atoms with van der Waals surface area (Å²) in [5.74, 6) is -0.860. The first-order chi connectivity index (χ1) is 17.5. The molecule has 1 saturated carbocycles. The summed E-state index contributed by atoms with van der Waals surface area (Å²) in [7, 11) is 0. The number of aromatic nitrogens is 3. The van der Waals surface area contributed by atoms with Gasteiger partial charge in [0.1, 0.15) is 23.0 Å². The topological polar surface area (TPSA) is 122 Å². The van der Waals surface area contributed by atoms with Gasteiger partial charge in [0.25, 0.3) is 5.56 Å². The predicted molar refractivity (Wildman–Crippen MR) is 134 cm³/mol. The molecule has 0 atom stereocenters. The van der Waals surface area contributed by atoms with Crippen molar-refractivity contribution in [2.24, 2.45) is 0 Å². The molecular weight excluding hydrogens is 484 g/mol. The average molecular weight is 513 g/mol. The predicted octanol–water partition coefficient (Wildman–Crippen LogP) is 5.04. The van der Waals surface area contributed by atoms with E-state index in [1.54, 1.807) is 31.5 Å². The van der Waals surface area contributed by atoms with Crippen molar-refractivity contribution in [3.05, 3.63) is 57.5 Å². The molecule has 0 aliphatic heterocycles. The van der Waals surface area contributed by atoms with E-state index in [1.807, 2.05) is 18.4 Å². The van der Waals surface area contributed by atoms with Gasteiger partial charge in [-0.3, -0.25) is 9.78 Å². The Bertz CT molecular complexity index is 1270. The van der Waals surface area contributed by atoms with Crippen LogP contribution in [0.15, 0.2) is 40.8 Å². The second-order valence-electron chi connectivity index (χ2n) is 8.33. The number of carbonyl (C=O) groups excluding carboxylic acids is 2. The number of hydrogen-bond acceptors (Lipinski definition) is 10. The minimum atomic E-state index is -0.892. The SMILES string of the molecule is CCn1nc(-c2cccs2)c(C(=O)OCOC(=O)OC2CCCCC2)c(Nc2cnccc2C)c1=O. The second kappa shape index (κ2) is 11.8. The molecule has 11 heteroatoms. The molecule has 1 fully saturated rings. The first-order valence-corrected chi connectivity index (χ1v) is 12.7. The lowest BCUT2D eigenvalue weighted by molar-refractivity contribution is -0.0429. The van der Waals surface area contributed by atoms with E-state index in [4.69, 9.17) is 14.2 Å². The van der Waals surface area contributed by atoms with Crippen LogP contribution < -0.4 is 10.9 Å². The molecule has 190 valence electrons. The van der Waals surface area contributed by atoms with Gasteiger partial charge >= 0.3 is 12.1 Å². The number of hydrogen-bond donors (Lipinski definition) is 1. The Morgan fingerprint density at radius 1 is 1.19 bits per heavy atom. The Hall–Kier alpha value is -3.73.